The molecule has 6 heteroatoms. The quantitative estimate of drug-likeness (QED) is 0.740. The van der Waals surface area contributed by atoms with E-state index in [0.29, 0.717) is 5.69 Å². The third kappa shape index (κ3) is 2.71. The molecule has 0 radical (unpaired) electrons. The second-order valence-corrected chi connectivity index (χ2v) is 4.67. The minimum absolute atomic E-state index is 0.252. The van der Waals surface area contributed by atoms with E-state index in [1.807, 2.05) is 24.3 Å². The van der Waals surface area contributed by atoms with Crippen molar-refractivity contribution < 1.29 is 9.18 Å². The normalized spacial score (nSPS) is 10.5. The number of pyridine rings is 1. The molecule has 1 N–H and O–H groups in total. The zero-order valence-electron chi connectivity index (χ0n) is 11.8. The van der Waals surface area contributed by atoms with Crippen molar-refractivity contribution in [3.8, 4) is 22.4 Å². The van der Waals surface area contributed by atoms with Crippen LogP contribution in [0.15, 0.2) is 55.1 Å². The molecule has 0 unspecified atom stereocenters. The molecule has 110 valence electrons. The summed E-state index contributed by atoms with van der Waals surface area (Å²) in [6.45, 7) is 0. The molecule has 5 nitrogen and oxygen atoms in total. The van der Waals surface area contributed by atoms with Crippen LogP contribution >= 0.6 is 0 Å². The van der Waals surface area contributed by atoms with Gasteiger partial charge >= 0.3 is 6.03 Å². The van der Waals surface area contributed by atoms with Gasteiger partial charge in [0, 0.05) is 30.6 Å². The highest BCUT2D eigenvalue weighted by Crippen LogP contribution is 2.25. The molecule has 3 rings (SSSR count). The van der Waals surface area contributed by atoms with Crippen molar-refractivity contribution in [3.63, 3.8) is 0 Å². The molecule has 0 saturated heterocycles. The van der Waals surface area contributed by atoms with Crippen molar-refractivity contribution in [1.82, 2.24) is 19.9 Å². The van der Waals surface area contributed by atoms with Crippen LogP contribution in [0.1, 0.15) is 0 Å². The van der Waals surface area contributed by atoms with Gasteiger partial charge in [-0.05, 0) is 23.8 Å². The van der Waals surface area contributed by atoms with Crippen LogP contribution in [0.4, 0.5) is 9.18 Å². The van der Waals surface area contributed by atoms with Crippen LogP contribution in [0, 0.1) is 5.95 Å². The van der Waals surface area contributed by atoms with Gasteiger partial charge in [0.05, 0.1) is 5.69 Å². The third-order valence-electron chi connectivity index (χ3n) is 3.25. The molecule has 0 fully saturated rings. The van der Waals surface area contributed by atoms with Gasteiger partial charge in [0.2, 0.25) is 5.95 Å². The minimum atomic E-state index is -0.510. The highest BCUT2D eigenvalue weighted by Gasteiger charge is 2.08. The second-order valence-electron chi connectivity index (χ2n) is 4.67. The molecule has 0 aliphatic carbocycles. The van der Waals surface area contributed by atoms with E-state index in [1.165, 1.54) is 23.2 Å². The molecule has 3 aromatic rings. The van der Waals surface area contributed by atoms with Crippen LogP contribution in [0.5, 0.6) is 0 Å². The van der Waals surface area contributed by atoms with E-state index >= 15 is 0 Å². The fraction of sp³-hybridized carbons (Fsp3) is 0.0625. The van der Waals surface area contributed by atoms with E-state index < -0.39 is 5.95 Å². The topological polar surface area (TPSA) is 59.8 Å². The number of imidazole rings is 1. The lowest BCUT2D eigenvalue weighted by atomic mass is 10.0. The highest BCUT2D eigenvalue weighted by atomic mass is 19.1. The average molecular weight is 296 g/mol. The summed E-state index contributed by atoms with van der Waals surface area (Å²) < 4.78 is 14.3. The van der Waals surface area contributed by atoms with Gasteiger partial charge in [-0.25, -0.2) is 14.8 Å². The van der Waals surface area contributed by atoms with E-state index in [2.05, 4.69) is 15.3 Å². The number of nitrogens with one attached hydrogen (secondary N) is 1. The Hall–Kier alpha value is -3.02. The van der Waals surface area contributed by atoms with Crippen LogP contribution < -0.4 is 5.32 Å². The lowest BCUT2D eigenvalue weighted by Crippen LogP contribution is -2.22. The molecular weight excluding hydrogens is 283 g/mol. The van der Waals surface area contributed by atoms with Crippen LogP contribution in [0.3, 0.4) is 0 Å². The van der Waals surface area contributed by atoms with E-state index in [4.69, 9.17) is 0 Å². The Bertz CT molecular complexity index is 811. The summed E-state index contributed by atoms with van der Waals surface area (Å²) in [5.41, 5.74) is 3.26. The van der Waals surface area contributed by atoms with Crippen molar-refractivity contribution >= 4 is 6.03 Å². The van der Waals surface area contributed by atoms with E-state index in [0.717, 1.165) is 16.7 Å². The Morgan fingerprint density at radius 2 is 1.95 bits per heavy atom. The van der Waals surface area contributed by atoms with Crippen molar-refractivity contribution in [3.05, 3.63) is 61.1 Å². The molecule has 0 spiro atoms. The lowest BCUT2D eigenvalue weighted by molar-refractivity contribution is 0.244. The monoisotopic (exact) mass is 296 g/mol. The van der Waals surface area contributed by atoms with E-state index in [1.54, 1.807) is 19.3 Å². The first-order valence-electron chi connectivity index (χ1n) is 6.66. The number of rotatable bonds is 2. The van der Waals surface area contributed by atoms with Crippen molar-refractivity contribution in [2.24, 2.45) is 0 Å². The summed E-state index contributed by atoms with van der Waals surface area (Å²) in [6.07, 6.45) is 4.60. The van der Waals surface area contributed by atoms with Gasteiger partial charge in [-0.3, -0.25) is 4.57 Å². The molecule has 1 amide bonds. The summed E-state index contributed by atoms with van der Waals surface area (Å²) in [6, 6.07) is 10.4. The zero-order chi connectivity index (χ0) is 15.5. The molecule has 0 atom stereocenters. The molecule has 0 bridgehead atoms. The van der Waals surface area contributed by atoms with Gasteiger partial charge in [0.25, 0.3) is 0 Å². The van der Waals surface area contributed by atoms with Crippen molar-refractivity contribution in [2.45, 2.75) is 0 Å². The number of amides is 1. The van der Waals surface area contributed by atoms with Gasteiger partial charge in [0.15, 0.2) is 0 Å². The highest BCUT2D eigenvalue weighted by molar-refractivity contribution is 5.78. The molecule has 0 saturated carbocycles. The average Bonchev–Trinajstić information content (AvgIpc) is 3.05. The zero-order valence-corrected chi connectivity index (χ0v) is 11.8. The Labute approximate surface area is 126 Å². The molecule has 2 heterocycles. The Balaban J connectivity index is 1.95. The summed E-state index contributed by atoms with van der Waals surface area (Å²) >= 11 is 0. The Morgan fingerprint density at radius 1 is 1.14 bits per heavy atom. The van der Waals surface area contributed by atoms with E-state index in [-0.39, 0.29) is 6.03 Å². The van der Waals surface area contributed by atoms with Gasteiger partial charge in [0.1, 0.15) is 6.33 Å². The summed E-state index contributed by atoms with van der Waals surface area (Å²) in [7, 11) is 1.56. The maximum atomic E-state index is 12.9. The smallest absolute Gasteiger partial charge is 0.326 e. The summed E-state index contributed by atoms with van der Waals surface area (Å²) in [5, 5.41) is 2.53. The standard InChI is InChI=1S/C16H13FN4O/c1-18-16(22)21-9-14(20-10-21)12-4-2-3-11(7-12)13-5-6-15(17)19-8-13/h2-10H,1H3,(H,18,22). The number of halogens is 1. The number of aromatic nitrogens is 3. The van der Waals surface area contributed by atoms with Gasteiger partial charge in [-0.2, -0.15) is 4.39 Å². The molecule has 2 aromatic heterocycles. The van der Waals surface area contributed by atoms with Crippen molar-refractivity contribution in [1.29, 1.82) is 0 Å². The molecular formula is C16H13FN4O. The number of benzene rings is 1. The van der Waals surface area contributed by atoms with Gasteiger partial charge < -0.3 is 5.32 Å². The SMILES string of the molecule is CNC(=O)n1cnc(-c2cccc(-c3ccc(F)nc3)c2)c1. The third-order valence-corrected chi connectivity index (χ3v) is 3.25. The fourth-order valence-electron chi connectivity index (χ4n) is 2.12. The number of hydrogen-bond donors (Lipinski definition) is 1. The first kappa shape index (κ1) is 13.9. The predicted octanol–water partition coefficient (Wildman–Crippen LogP) is 2.94. The summed E-state index contributed by atoms with van der Waals surface area (Å²) in [5.74, 6) is -0.510. The van der Waals surface area contributed by atoms with Crippen molar-refractivity contribution in [2.75, 3.05) is 7.05 Å². The second kappa shape index (κ2) is 5.77. The first-order valence-corrected chi connectivity index (χ1v) is 6.66. The summed E-state index contributed by atoms with van der Waals surface area (Å²) in [4.78, 5) is 19.4. The maximum Gasteiger partial charge on any atom is 0.326 e. The number of hydrogen-bond acceptors (Lipinski definition) is 3. The van der Waals surface area contributed by atoms with Gasteiger partial charge in [-0.15, -0.1) is 0 Å². The largest absolute Gasteiger partial charge is 0.340 e. The van der Waals surface area contributed by atoms with E-state index in [9.17, 15) is 9.18 Å². The maximum absolute atomic E-state index is 12.9. The van der Waals surface area contributed by atoms with Crippen LogP contribution in [0.2, 0.25) is 0 Å². The molecule has 0 aliphatic heterocycles. The first-order chi connectivity index (χ1) is 10.7. The van der Waals surface area contributed by atoms with Crippen LogP contribution in [-0.4, -0.2) is 27.6 Å². The number of carbonyl (C=O) groups excluding carboxylic acids is 1. The fourth-order valence-corrected chi connectivity index (χ4v) is 2.12. The molecule has 1 aromatic carbocycles. The Kier molecular flexibility index (Phi) is 3.65. The lowest BCUT2D eigenvalue weighted by Gasteiger charge is -2.03. The van der Waals surface area contributed by atoms with Crippen LogP contribution in [-0.2, 0) is 0 Å². The van der Waals surface area contributed by atoms with Gasteiger partial charge in [-0.1, -0.05) is 18.2 Å². The number of nitrogens with zero attached hydrogens (tertiary/aromatic N) is 3. The predicted molar refractivity (Wildman–Crippen MR) is 80.7 cm³/mol. The molecule has 0 aliphatic rings. The molecule has 22 heavy (non-hydrogen) atoms. The van der Waals surface area contributed by atoms with Crippen LogP contribution in [0.25, 0.3) is 22.4 Å². The minimum Gasteiger partial charge on any atom is -0.340 e. The Morgan fingerprint density at radius 3 is 2.68 bits per heavy atom. The number of carbonyl (C=O) groups is 1.